The molecule has 6 aromatic carbocycles. The minimum atomic E-state index is -7.43. The van der Waals surface area contributed by atoms with Gasteiger partial charge in [0.15, 0.2) is 43.4 Å². The van der Waals surface area contributed by atoms with Crippen LogP contribution in [-0.4, -0.2) is 155 Å². The van der Waals surface area contributed by atoms with Crippen molar-refractivity contribution in [1.29, 1.82) is 0 Å². The minimum absolute atomic E-state index is 0.0497. The number of hydrogen-bond acceptors (Lipinski definition) is 15. The second-order valence-electron chi connectivity index (χ2n) is 30.5. The maximum atomic E-state index is 13.4. The Balaban J connectivity index is 0.000000213. The number of benzene rings is 6. The Kier molecular flexibility index (Phi) is 31.9. The topological polar surface area (TPSA) is 260 Å². The highest BCUT2D eigenvalue weighted by atomic mass is 127. The zero-order chi connectivity index (χ0) is 84.1. The minimum Gasteiger partial charge on any atom is -0.743 e. The molecule has 2 aliphatic heterocycles. The number of alkyl halides is 13. The number of likely N-dealkylation sites (tertiary alicyclic amines) is 1. The molecule has 2 atom stereocenters. The third-order valence-corrected chi connectivity index (χ3v) is 27.5. The Bertz CT molecular complexity index is 4220. The van der Waals surface area contributed by atoms with Gasteiger partial charge in [-0.1, -0.05) is 133 Å². The Hall–Kier alpha value is -6.25. The van der Waals surface area contributed by atoms with Crippen LogP contribution in [0.1, 0.15) is 142 Å². The number of hydrogen-bond donors (Lipinski definition) is 2. The highest BCUT2D eigenvalue weighted by Crippen LogP contribution is 2.62. The number of amides is 1. The van der Waals surface area contributed by atoms with Gasteiger partial charge in [0.1, 0.15) is 17.1 Å². The lowest BCUT2D eigenvalue weighted by molar-refractivity contribution is -0.598. The molecular weight excluding hydrogens is 1690 g/mol. The predicted molar refractivity (Wildman–Crippen MR) is 387 cm³/mol. The summed E-state index contributed by atoms with van der Waals surface area (Å²) in [6, 6.07) is 57.0. The van der Waals surface area contributed by atoms with E-state index in [-0.39, 0.29) is 52.2 Å². The number of halogens is 14. The predicted octanol–water partition coefficient (Wildman–Crippen LogP) is 12.6. The molecular formula is C78H91F13INO15S4. The van der Waals surface area contributed by atoms with Crippen molar-refractivity contribution in [2.24, 2.45) is 17.3 Å². The van der Waals surface area contributed by atoms with E-state index in [2.05, 4.69) is 151 Å². The number of ether oxygens (including phenoxy) is 3. The number of aromatic carboxylic acids is 1. The van der Waals surface area contributed by atoms with Crippen LogP contribution in [-0.2, 0) is 71.9 Å². The van der Waals surface area contributed by atoms with E-state index in [1.807, 2.05) is 63.2 Å². The SMILES string of the molecule is CC(C)(C)OC(=O)N1CCC(O)CC1.CC(C)(C)c1ccc([S+](c2ccccc2)c2ccccc2)cc1.CC(C)(C)c1ccc([S+]2CCOCC2)cc1.O=C(OCCC(F)(F)C(F)(F)S(=O)(=O)[O-])C12CC3CC(CC(O)(C3)C1)C2.O=C([O-])c1ccccc1[I+]c1ccccc1.O=S(=O)([O-])C(F)(F)C(F)(F)C(F)(F)C(F)(F)F. The lowest BCUT2D eigenvalue weighted by Gasteiger charge is -2.58. The average molecular weight is 1780 g/mol. The maximum absolute atomic E-state index is 13.4. The first-order valence-corrected chi connectivity index (χ1v) is 43.0. The fourth-order valence-corrected chi connectivity index (χ4v) is 20.3. The third kappa shape index (κ3) is 25.1. The summed E-state index contributed by atoms with van der Waals surface area (Å²) in [4.78, 5) is 42.1. The van der Waals surface area contributed by atoms with Crippen molar-refractivity contribution >= 4 is 60.1 Å². The molecule has 6 fully saturated rings. The number of carboxylic acids is 1. The van der Waals surface area contributed by atoms with Gasteiger partial charge in [-0.05, 0) is 179 Å². The van der Waals surface area contributed by atoms with Crippen LogP contribution >= 0.6 is 0 Å². The normalized spacial score (nSPS) is 20.0. The summed E-state index contributed by atoms with van der Waals surface area (Å²) in [6.45, 7) is 21.0. The van der Waals surface area contributed by atoms with Crippen LogP contribution in [0.15, 0.2) is 183 Å². The van der Waals surface area contributed by atoms with Crippen molar-refractivity contribution in [3.63, 3.8) is 0 Å². The van der Waals surface area contributed by atoms with Gasteiger partial charge in [-0.15, -0.1) is 0 Å². The van der Waals surface area contributed by atoms with Crippen molar-refractivity contribution < 1.29 is 148 Å². The largest absolute Gasteiger partial charge is 0.743 e. The van der Waals surface area contributed by atoms with E-state index in [0.717, 1.165) is 23.2 Å². The van der Waals surface area contributed by atoms with Crippen LogP contribution in [0, 0.1) is 24.4 Å². The van der Waals surface area contributed by atoms with Crippen LogP contribution < -0.4 is 26.3 Å². The lowest BCUT2D eigenvalue weighted by Crippen LogP contribution is -3.61. The second kappa shape index (κ2) is 37.8. The van der Waals surface area contributed by atoms with Gasteiger partial charge in [-0.3, -0.25) is 4.79 Å². The van der Waals surface area contributed by atoms with Crippen molar-refractivity contribution in [2.75, 3.05) is 44.4 Å². The summed E-state index contributed by atoms with van der Waals surface area (Å²) in [6.07, 6.45) is -5.11. The monoisotopic (exact) mass is 1780 g/mol. The summed E-state index contributed by atoms with van der Waals surface area (Å²) in [7, 11) is -13.6. The zero-order valence-electron chi connectivity index (χ0n) is 62.7. The first kappa shape index (κ1) is 94.6. The van der Waals surface area contributed by atoms with Crippen molar-refractivity contribution in [1.82, 2.24) is 4.90 Å². The molecule has 0 spiro atoms. The van der Waals surface area contributed by atoms with Crippen LogP contribution in [0.5, 0.6) is 0 Å². The van der Waals surface area contributed by atoms with E-state index in [0.29, 0.717) is 68.1 Å². The standard InChI is InChI=1S/C22H23S.C15H20F4O6S.C14H21OS.C13H9IO2.C10H19NO3.C4HF9O3S/c1-22(2,3)18-14-16-21(17-15-18)23(19-10-6-4-7-11-19)20-12-8-5-9-13-20;16-14(17,15(18,19)26(22,23)24)1-2-25-11(20)12-4-9-3-10(5-12)7-13(21,6-9)8-12;1-14(2,3)12-4-6-13(7-5-12)16-10-8-15-9-11-16;15-13(16)11-8-4-5-9-12(11)14-10-6-2-1-3-7-10;1-10(2,3)14-9(13)11-6-4-8(12)5-7-11;5-1(6,3(9,10)11)2(7,8)4(12,13)17(14,15)16/h4-17H,1-3H3;9-10,21H,1-8H2,(H,22,23,24);4-7H,8-11H2,1-3H3;1-9H;8,12H,4-7H2,1-3H3;(H,14,15,16)/q+1;;+1;;;/p-2. The van der Waals surface area contributed by atoms with Gasteiger partial charge in [-0.2, -0.15) is 57.1 Å². The lowest BCUT2D eigenvalue weighted by atomic mass is 9.48. The molecule has 112 heavy (non-hydrogen) atoms. The number of rotatable bonds is 16. The molecule has 2 unspecified atom stereocenters. The molecule has 2 heterocycles. The zero-order valence-corrected chi connectivity index (χ0v) is 68.1. The Morgan fingerprint density at radius 2 is 1.02 bits per heavy atom. The molecule has 620 valence electrons. The van der Waals surface area contributed by atoms with E-state index in [9.17, 15) is 113 Å². The fourth-order valence-electron chi connectivity index (χ4n) is 12.9. The summed E-state index contributed by atoms with van der Waals surface area (Å²) in [5.41, 5.74) is 1.14. The second-order valence-corrected chi connectivity index (χ2v) is 40.6. The number of carboxylic acid groups (broad SMARTS) is 1. The summed E-state index contributed by atoms with van der Waals surface area (Å²) >= 11 is -0.447. The molecule has 6 aliphatic rings. The summed E-state index contributed by atoms with van der Waals surface area (Å²) < 4.78 is 237. The Morgan fingerprint density at radius 3 is 1.44 bits per heavy atom. The van der Waals surface area contributed by atoms with Gasteiger partial charge in [0.2, 0.25) is 3.57 Å². The quantitative estimate of drug-likeness (QED) is 0.0300. The van der Waals surface area contributed by atoms with Crippen LogP contribution in [0.2, 0.25) is 0 Å². The highest BCUT2D eigenvalue weighted by Gasteiger charge is 2.84. The van der Waals surface area contributed by atoms with Gasteiger partial charge in [-0.25, -0.2) is 21.6 Å². The molecule has 4 bridgehead atoms. The fraction of sp³-hybridized carbons (Fsp3) is 0.500. The molecule has 0 radical (unpaired) electrons. The van der Waals surface area contributed by atoms with Gasteiger partial charge in [0.05, 0.1) is 65.8 Å². The molecule has 0 aromatic heterocycles. The van der Waals surface area contributed by atoms with Crippen LogP contribution in [0.25, 0.3) is 0 Å². The smallest absolute Gasteiger partial charge is 0.460 e. The summed E-state index contributed by atoms with van der Waals surface area (Å²) in [5.74, 6) is -19.2. The van der Waals surface area contributed by atoms with E-state index in [1.165, 1.54) is 45.8 Å². The highest BCUT2D eigenvalue weighted by molar-refractivity contribution is 7.97. The van der Waals surface area contributed by atoms with Crippen LogP contribution in [0.3, 0.4) is 0 Å². The molecule has 34 heteroatoms. The van der Waals surface area contributed by atoms with E-state index in [1.54, 1.807) is 17.0 Å². The van der Waals surface area contributed by atoms with Gasteiger partial charge >= 0.3 is 67.7 Å². The van der Waals surface area contributed by atoms with Crippen molar-refractivity contribution in [2.45, 2.75) is 202 Å². The molecule has 4 saturated carbocycles. The maximum Gasteiger partial charge on any atom is 0.460 e. The van der Waals surface area contributed by atoms with Gasteiger partial charge in [0, 0.05) is 24.0 Å². The van der Waals surface area contributed by atoms with Crippen molar-refractivity contribution in [3.8, 4) is 0 Å². The first-order chi connectivity index (χ1) is 51.5. The third-order valence-electron chi connectivity index (χ3n) is 18.4. The molecule has 4 aliphatic carbocycles. The van der Waals surface area contributed by atoms with E-state index >= 15 is 0 Å². The summed E-state index contributed by atoms with van der Waals surface area (Å²) in [5, 5.41) is 17.8. The number of carbonyl (C=O) groups excluding carboxylic acids is 3. The molecule has 16 nitrogen and oxygen atoms in total. The number of carbonyl (C=O) groups is 3. The Labute approximate surface area is 660 Å². The molecule has 2 N–H and O–H groups in total. The molecule has 2 saturated heterocycles. The molecule has 6 aromatic rings. The molecule has 1 amide bonds. The number of piperidine rings is 1. The van der Waals surface area contributed by atoms with E-state index < -0.39 is 117 Å². The average Bonchev–Trinajstić information content (AvgIpc) is 0.724. The van der Waals surface area contributed by atoms with Gasteiger partial charge < -0.3 is 48.3 Å². The number of nitrogens with zero attached hydrogens (tertiary/aromatic N) is 1. The van der Waals surface area contributed by atoms with Crippen LogP contribution in [0.4, 0.5) is 61.9 Å². The number of esters is 1. The van der Waals surface area contributed by atoms with Gasteiger partial charge in [0.25, 0.3) is 0 Å². The number of aliphatic hydroxyl groups excluding tert-OH is 1. The number of aliphatic hydroxyl groups is 2. The van der Waals surface area contributed by atoms with E-state index in [4.69, 9.17) is 14.2 Å². The molecule has 12 rings (SSSR count). The van der Waals surface area contributed by atoms with Crippen molar-refractivity contribution in [3.05, 3.63) is 188 Å². The Morgan fingerprint density at radius 1 is 0.589 bits per heavy atom. The first-order valence-electron chi connectivity index (χ1n) is 35.2.